The van der Waals surface area contributed by atoms with Crippen LogP contribution in [0.1, 0.15) is 17.5 Å². The number of aliphatic hydroxyl groups is 1. The summed E-state index contributed by atoms with van der Waals surface area (Å²) in [6, 6.07) is 9.10. The number of benzene rings is 1. The van der Waals surface area contributed by atoms with E-state index in [1.807, 2.05) is 6.92 Å². The first-order chi connectivity index (χ1) is 11.8. The molecule has 0 aliphatic heterocycles. The lowest BCUT2D eigenvalue weighted by Gasteiger charge is -2.11. The first kappa shape index (κ1) is 19.0. The van der Waals surface area contributed by atoms with Gasteiger partial charge in [-0.1, -0.05) is 17.7 Å². The van der Waals surface area contributed by atoms with Crippen molar-refractivity contribution in [2.75, 3.05) is 6.61 Å². The number of aryl methyl sites for hydroxylation is 2. The van der Waals surface area contributed by atoms with E-state index in [2.05, 4.69) is 4.98 Å². The first-order valence-electron chi connectivity index (χ1n) is 7.51. The minimum Gasteiger partial charge on any atom is -0.391 e. The van der Waals surface area contributed by atoms with Crippen molar-refractivity contribution in [2.24, 2.45) is 0 Å². The maximum atomic E-state index is 12.0. The van der Waals surface area contributed by atoms with Crippen LogP contribution in [0.5, 0.6) is 0 Å². The van der Waals surface area contributed by atoms with E-state index in [4.69, 9.17) is 4.18 Å². The van der Waals surface area contributed by atoms with Gasteiger partial charge in [0.25, 0.3) is 10.1 Å². The second kappa shape index (κ2) is 8.15. The number of pyridine rings is 1. The van der Waals surface area contributed by atoms with Crippen LogP contribution in [0.25, 0.3) is 0 Å². The molecule has 0 bridgehead atoms. The molecule has 0 saturated carbocycles. The average Bonchev–Trinajstić information content (AvgIpc) is 2.59. The molecule has 0 aliphatic rings. The Morgan fingerprint density at radius 3 is 2.60 bits per heavy atom. The fourth-order valence-electron chi connectivity index (χ4n) is 2.07. The molecule has 1 N–H and O–H groups in total. The third-order valence-electron chi connectivity index (χ3n) is 3.49. The SMILES string of the molecule is Cc1ccc(S(=O)(=O)OCC(O)CCc2ccnc([N+](=O)[O-])c2)cc1. The van der Waals surface area contributed by atoms with Crippen LogP contribution in [-0.4, -0.2) is 36.1 Å². The van der Waals surface area contributed by atoms with Gasteiger partial charge in [-0.3, -0.25) is 4.18 Å². The fraction of sp³-hybridized carbons (Fsp3) is 0.312. The molecule has 2 aromatic rings. The van der Waals surface area contributed by atoms with Crippen molar-refractivity contribution in [1.82, 2.24) is 4.98 Å². The van der Waals surface area contributed by atoms with Gasteiger partial charge >= 0.3 is 5.82 Å². The highest BCUT2D eigenvalue weighted by molar-refractivity contribution is 7.86. The van der Waals surface area contributed by atoms with Crippen molar-refractivity contribution >= 4 is 15.9 Å². The van der Waals surface area contributed by atoms with Crippen LogP contribution in [0.15, 0.2) is 47.5 Å². The molecule has 1 aromatic heterocycles. The van der Waals surface area contributed by atoms with E-state index in [1.165, 1.54) is 24.4 Å². The van der Waals surface area contributed by atoms with Crippen molar-refractivity contribution in [3.63, 3.8) is 0 Å². The molecular formula is C16H18N2O6S. The molecule has 2 rings (SSSR count). The number of hydrogen-bond donors (Lipinski definition) is 1. The number of hydrogen-bond acceptors (Lipinski definition) is 7. The smallest absolute Gasteiger partial charge is 0.363 e. The van der Waals surface area contributed by atoms with Gasteiger partial charge in [0.2, 0.25) is 0 Å². The molecule has 1 unspecified atom stereocenters. The van der Waals surface area contributed by atoms with Crippen LogP contribution in [-0.2, 0) is 20.7 Å². The van der Waals surface area contributed by atoms with Crippen LogP contribution >= 0.6 is 0 Å². The quantitative estimate of drug-likeness (QED) is 0.431. The van der Waals surface area contributed by atoms with Gasteiger partial charge < -0.3 is 15.2 Å². The van der Waals surface area contributed by atoms with Gasteiger partial charge in [0.05, 0.1) is 17.6 Å². The Kier molecular flexibility index (Phi) is 6.18. The minimum atomic E-state index is -3.93. The van der Waals surface area contributed by atoms with E-state index in [0.717, 1.165) is 5.56 Å². The zero-order valence-electron chi connectivity index (χ0n) is 13.5. The van der Waals surface area contributed by atoms with E-state index >= 15 is 0 Å². The highest BCUT2D eigenvalue weighted by Crippen LogP contribution is 2.15. The zero-order valence-corrected chi connectivity index (χ0v) is 14.3. The lowest BCUT2D eigenvalue weighted by atomic mass is 10.1. The molecular weight excluding hydrogens is 348 g/mol. The second-order valence-corrected chi connectivity index (χ2v) is 7.14. The summed E-state index contributed by atoms with van der Waals surface area (Å²) in [5.74, 6) is -0.273. The number of aliphatic hydroxyl groups excluding tert-OH is 1. The lowest BCUT2D eigenvalue weighted by Crippen LogP contribution is -2.19. The molecule has 0 spiro atoms. The third-order valence-corrected chi connectivity index (χ3v) is 4.78. The molecule has 9 heteroatoms. The lowest BCUT2D eigenvalue weighted by molar-refractivity contribution is -0.389. The molecule has 134 valence electrons. The van der Waals surface area contributed by atoms with Gasteiger partial charge in [-0.25, -0.2) is 0 Å². The molecule has 1 aromatic carbocycles. The monoisotopic (exact) mass is 366 g/mol. The summed E-state index contributed by atoms with van der Waals surface area (Å²) in [6.45, 7) is 1.45. The minimum absolute atomic E-state index is 0.0232. The van der Waals surface area contributed by atoms with Crippen molar-refractivity contribution < 1.29 is 22.6 Å². The fourth-order valence-corrected chi connectivity index (χ4v) is 3.02. The van der Waals surface area contributed by atoms with E-state index < -0.39 is 21.1 Å². The summed E-state index contributed by atoms with van der Waals surface area (Å²) in [5, 5.41) is 20.6. The van der Waals surface area contributed by atoms with Gasteiger partial charge in [-0.15, -0.1) is 0 Å². The van der Waals surface area contributed by atoms with Crippen LogP contribution in [0.2, 0.25) is 0 Å². The number of nitro groups is 1. The predicted molar refractivity (Wildman–Crippen MR) is 89.5 cm³/mol. The van der Waals surface area contributed by atoms with Crippen molar-refractivity contribution in [2.45, 2.75) is 30.8 Å². The summed E-state index contributed by atoms with van der Waals surface area (Å²) in [5.41, 5.74) is 1.55. The maximum absolute atomic E-state index is 12.0. The van der Waals surface area contributed by atoms with Gasteiger partial charge in [-0.05, 0) is 53.4 Å². The highest BCUT2D eigenvalue weighted by Gasteiger charge is 2.17. The van der Waals surface area contributed by atoms with E-state index in [-0.39, 0.29) is 23.7 Å². The van der Waals surface area contributed by atoms with E-state index in [9.17, 15) is 23.6 Å². The van der Waals surface area contributed by atoms with E-state index in [1.54, 1.807) is 18.2 Å². The number of nitrogens with zero attached hydrogens (tertiary/aromatic N) is 2. The van der Waals surface area contributed by atoms with Crippen LogP contribution < -0.4 is 0 Å². The Morgan fingerprint density at radius 1 is 1.28 bits per heavy atom. The summed E-state index contributed by atoms with van der Waals surface area (Å²) in [4.78, 5) is 13.7. The topological polar surface area (TPSA) is 120 Å². The summed E-state index contributed by atoms with van der Waals surface area (Å²) in [6.07, 6.45) is 0.828. The largest absolute Gasteiger partial charge is 0.391 e. The molecule has 0 aliphatic carbocycles. The molecule has 0 amide bonds. The second-order valence-electron chi connectivity index (χ2n) is 5.52. The van der Waals surface area contributed by atoms with Gasteiger partial charge in [0.1, 0.15) is 6.20 Å². The summed E-state index contributed by atoms with van der Waals surface area (Å²) >= 11 is 0. The summed E-state index contributed by atoms with van der Waals surface area (Å²) < 4.78 is 28.9. The maximum Gasteiger partial charge on any atom is 0.363 e. The Balaban J connectivity index is 1.88. The van der Waals surface area contributed by atoms with Crippen molar-refractivity contribution in [1.29, 1.82) is 0 Å². The molecule has 25 heavy (non-hydrogen) atoms. The summed E-state index contributed by atoms with van der Waals surface area (Å²) in [7, 11) is -3.93. The Hall–Kier alpha value is -2.36. The van der Waals surface area contributed by atoms with E-state index in [0.29, 0.717) is 12.0 Å². The van der Waals surface area contributed by atoms with Crippen LogP contribution in [0.3, 0.4) is 0 Å². The highest BCUT2D eigenvalue weighted by atomic mass is 32.2. The van der Waals surface area contributed by atoms with Crippen molar-refractivity contribution in [3.8, 4) is 0 Å². The molecule has 0 fully saturated rings. The Morgan fingerprint density at radius 2 is 1.96 bits per heavy atom. The van der Waals surface area contributed by atoms with Crippen LogP contribution in [0, 0.1) is 17.0 Å². The van der Waals surface area contributed by atoms with Gasteiger partial charge in [0, 0.05) is 6.07 Å². The average molecular weight is 366 g/mol. The molecule has 1 atom stereocenters. The predicted octanol–water partition coefficient (Wildman–Crippen LogP) is 2.00. The van der Waals surface area contributed by atoms with Crippen LogP contribution in [0.4, 0.5) is 5.82 Å². The molecule has 0 radical (unpaired) electrons. The first-order valence-corrected chi connectivity index (χ1v) is 8.92. The van der Waals surface area contributed by atoms with Crippen molar-refractivity contribution in [3.05, 3.63) is 63.8 Å². The zero-order chi connectivity index (χ0) is 18.4. The molecule has 0 saturated heterocycles. The molecule has 1 heterocycles. The Labute approximate surface area is 145 Å². The third kappa shape index (κ3) is 5.59. The molecule has 8 nitrogen and oxygen atoms in total. The normalized spacial score (nSPS) is 12.7. The standard InChI is InChI=1S/C16H18N2O6S/c1-12-2-6-15(7-3-12)25(22,23)24-11-14(19)5-4-13-8-9-17-16(10-13)18(20)21/h2-3,6-10,14,19H,4-5,11H2,1H3. The number of rotatable bonds is 8. The number of aromatic nitrogens is 1. The Bertz CT molecular complexity index is 836. The van der Waals surface area contributed by atoms with Gasteiger partial charge in [-0.2, -0.15) is 8.42 Å². The van der Waals surface area contributed by atoms with Gasteiger partial charge in [0.15, 0.2) is 0 Å².